The van der Waals surface area contributed by atoms with Gasteiger partial charge >= 0.3 is 0 Å². The number of amides is 2. The monoisotopic (exact) mass is 463 g/mol. The van der Waals surface area contributed by atoms with E-state index in [1.54, 1.807) is 24.3 Å². The highest BCUT2D eigenvalue weighted by Crippen LogP contribution is 2.26. The van der Waals surface area contributed by atoms with Crippen LogP contribution in [-0.2, 0) is 11.3 Å². The normalized spacial score (nSPS) is 10.9. The van der Waals surface area contributed by atoms with Gasteiger partial charge in [-0.25, -0.2) is 14.1 Å². The van der Waals surface area contributed by atoms with Crippen molar-refractivity contribution < 1.29 is 14.0 Å². The number of anilines is 1. The fraction of sp³-hybridized carbons (Fsp3) is 0.167. The summed E-state index contributed by atoms with van der Waals surface area (Å²) in [5.74, 6) is -0.561. The first kappa shape index (κ1) is 22.3. The maximum atomic E-state index is 13.8. The molecule has 168 valence electrons. The third-order valence-corrected chi connectivity index (χ3v) is 5.67. The molecule has 0 aliphatic rings. The van der Waals surface area contributed by atoms with Crippen molar-refractivity contribution in [1.82, 2.24) is 20.1 Å². The molecule has 0 spiro atoms. The molecule has 0 atom stereocenters. The molecule has 0 bridgehead atoms. The van der Waals surface area contributed by atoms with Crippen LogP contribution in [0.2, 0.25) is 0 Å². The number of hydrogen-bond donors (Lipinski definition) is 2. The molecule has 2 aromatic carbocycles. The van der Waals surface area contributed by atoms with Gasteiger partial charge in [-0.15, -0.1) is 16.4 Å². The lowest BCUT2D eigenvalue weighted by molar-refractivity contribution is -0.118. The number of carbonyl (C=O) groups excluding carboxylic acids is 2. The lowest BCUT2D eigenvalue weighted by Crippen LogP contribution is -2.24. The predicted octanol–water partition coefficient (Wildman–Crippen LogP) is 4.66. The summed E-state index contributed by atoms with van der Waals surface area (Å²) >= 11 is 1.45. The maximum Gasteiger partial charge on any atom is 0.291 e. The summed E-state index contributed by atoms with van der Waals surface area (Å²) in [5.41, 5.74) is 2.03. The van der Waals surface area contributed by atoms with Crippen LogP contribution in [0.25, 0.3) is 16.4 Å². The quantitative estimate of drug-likeness (QED) is 0.417. The zero-order chi connectivity index (χ0) is 23.4. The Labute approximate surface area is 194 Å². The van der Waals surface area contributed by atoms with E-state index in [4.69, 9.17) is 0 Å². The standard InChI is InChI=1S/C24H22FN5O2S/c1-15(2)23(31)27-18-10-8-16(9-11-18)14-26-24(32)21-28-22(20-7-4-12-33-20)30(29-21)19-6-3-5-17(25)13-19/h3-13,15H,14H2,1-2H3,(H,26,32)(H,27,31). The molecule has 4 rings (SSSR count). The highest BCUT2D eigenvalue weighted by atomic mass is 32.1. The van der Waals surface area contributed by atoms with Gasteiger partial charge in [0.1, 0.15) is 5.82 Å². The van der Waals surface area contributed by atoms with Gasteiger partial charge < -0.3 is 10.6 Å². The van der Waals surface area contributed by atoms with E-state index in [0.717, 1.165) is 10.4 Å². The molecule has 0 saturated heterocycles. The lowest BCUT2D eigenvalue weighted by atomic mass is 10.1. The Bertz CT molecular complexity index is 1270. The molecule has 0 unspecified atom stereocenters. The smallest absolute Gasteiger partial charge is 0.291 e. The fourth-order valence-corrected chi connectivity index (χ4v) is 3.71. The molecule has 0 saturated carbocycles. The van der Waals surface area contributed by atoms with Gasteiger partial charge in [0, 0.05) is 18.2 Å². The Hall–Kier alpha value is -3.85. The molecule has 2 amide bonds. The third-order valence-electron chi connectivity index (χ3n) is 4.80. The van der Waals surface area contributed by atoms with E-state index < -0.39 is 11.7 Å². The fourth-order valence-electron chi connectivity index (χ4n) is 3.02. The van der Waals surface area contributed by atoms with Crippen molar-refractivity contribution >= 4 is 28.8 Å². The van der Waals surface area contributed by atoms with Gasteiger partial charge in [0.05, 0.1) is 10.6 Å². The predicted molar refractivity (Wildman–Crippen MR) is 126 cm³/mol. The zero-order valence-corrected chi connectivity index (χ0v) is 18.9. The Morgan fingerprint density at radius 1 is 1.09 bits per heavy atom. The minimum Gasteiger partial charge on any atom is -0.345 e. The largest absolute Gasteiger partial charge is 0.345 e. The van der Waals surface area contributed by atoms with Gasteiger partial charge in [-0.3, -0.25) is 9.59 Å². The van der Waals surface area contributed by atoms with E-state index in [1.165, 1.54) is 28.2 Å². The Balaban J connectivity index is 1.49. The molecular formula is C24H22FN5O2S. The van der Waals surface area contributed by atoms with E-state index in [-0.39, 0.29) is 24.2 Å². The number of nitrogens with one attached hydrogen (secondary N) is 2. The maximum absolute atomic E-state index is 13.8. The first-order valence-electron chi connectivity index (χ1n) is 10.4. The molecule has 4 aromatic rings. The number of rotatable bonds is 7. The lowest BCUT2D eigenvalue weighted by Gasteiger charge is -2.08. The summed E-state index contributed by atoms with van der Waals surface area (Å²) in [4.78, 5) is 29.8. The van der Waals surface area contributed by atoms with Gasteiger partial charge in [-0.1, -0.05) is 38.1 Å². The average Bonchev–Trinajstić information content (AvgIpc) is 3.48. The van der Waals surface area contributed by atoms with Gasteiger partial charge in [-0.05, 0) is 47.3 Å². The van der Waals surface area contributed by atoms with Crippen LogP contribution in [0.15, 0.2) is 66.0 Å². The second-order valence-corrected chi connectivity index (χ2v) is 8.60. The number of carbonyl (C=O) groups is 2. The van der Waals surface area contributed by atoms with Crippen LogP contribution >= 0.6 is 11.3 Å². The molecule has 7 nitrogen and oxygen atoms in total. The van der Waals surface area contributed by atoms with Crippen LogP contribution in [0, 0.1) is 11.7 Å². The summed E-state index contributed by atoms with van der Waals surface area (Å²) in [6.45, 7) is 3.92. The Morgan fingerprint density at radius 2 is 1.88 bits per heavy atom. The zero-order valence-electron chi connectivity index (χ0n) is 18.1. The molecule has 9 heteroatoms. The molecule has 0 fully saturated rings. The molecule has 2 heterocycles. The first-order valence-corrected chi connectivity index (χ1v) is 11.2. The van der Waals surface area contributed by atoms with Gasteiger partial charge in [0.15, 0.2) is 5.82 Å². The number of benzene rings is 2. The minimum absolute atomic E-state index is 0.0107. The van der Waals surface area contributed by atoms with Crippen LogP contribution in [0.1, 0.15) is 30.0 Å². The van der Waals surface area contributed by atoms with Crippen molar-refractivity contribution in [2.45, 2.75) is 20.4 Å². The van der Waals surface area contributed by atoms with Crippen LogP contribution in [0.3, 0.4) is 0 Å². The Kier molecular flexibility index (Phi) is 6.60. The molecule has 33 heavy (non-hydrogen) atoms. The molecule has 0 radical (unpaired) electrons. The van der Waals surface area contributed by atoms with E-state index in [9.17, 15) is 14.0 Å². The molecule has 0 aliphatic heterocycles. The van der Waals surface area contributed by atoms with Crippen molar-refractivity contribution in [1.29, 1.82) is 0 Å². The van der Waals surface area contributed by atoms with Crippen molar-refractivity contribution in [3.8, 4) is 16.4 Å². The van der Waals surface area contributed by atoms with E-state index in [0.29, 0.717) is 17.2 Å². The summed E-state index contributed by atoms with van der Waals surface area (Å²) in [7, 11) is 0. The SMILES string of the molecule is CC(C)C(=O)Nc1ccc(CNC(=O)c2nc(-c3cccs3)n(-c3cccc(F)c3)n2)cc1. The summed E-state index contributed by atoms with van der Waals surface area (Å²) in [5, 5.41) is 11.9. The molecule has 2 N–H and O–H groups in total. The highest BCUT2D eigenvalue weighted by molar-refractivity contribution is 7.13. The number of thiophene rings is 1. The van der Waals surface area contributed by atoms with Gasteiger partial charge in [-0.2, -0.15) is 0 Å². The van der Waals surface area contributed by atoms with E-state index in [1.807, 2.05) is 43.5 Å². The Morgan fingerprint density at radius 3 is 2.55 bits per heavy atom. The van der Waals surface area contributed by atoms with Crippen LogP contribution < -0.4 is 10.6 Å². The molecular weight excluding hydrogens is 441 g/mol. The minimum atomic E-state index is -0.444. The first-order chi connectivity index (χ1) is 15.9. The molecule has 0 aliphatic carbocycles. The number of hydrogen-bond acceptors (Lipinski definition) is 5. The van der Waals surface area contributed by atoms with Crippen LogP contribution in [-0.4, -0.2) is 26.6 Å². The second kappa shape index (κ2) is 9.74. The van der Waals surface area contributed by atoms with Crippen molar-refractivity contribution in [2.75, 3.05) is 5.32 Å². The van der Waals surface area contributed by atoms with Crippen LogP contribution in [0.5, 0.6) is 0 Å². The topological polar surface area (TPSA) is 88.9 Å². The molecule has 2 aromatic heterocycles. The number of nitrogens with zero attached hydrogens (tertiary/aromatic N) is 3. The third kappa shape index (κ3) is 5.32. The van der Waals surface area contributed by atoms with Crippen molar-refractivity contribution in [3.05, 3.63) is 83.2 Å². The highest BCUT2D eigenvalue weighted by Gasteiger charge is 2.19. The summed E-state index contributed by atoms with van der Waals surface area (Å²) in [6.07, 6.45) is 0. The van der Waals surface area contributed by atoms with Crippen molar-refractivity contribution in [2.24, 2.45) is 5.92 Å². The van der Waals surface area contributed by atoms with E-state index >= 15 is 0 Å². The van der Waals surface area contributed by atoms with Crippen LogP contribution in [0.4, 0.5) is 10.1 Å². The summed E-state index contributed by atoms with van der Waals surface area (Å²) in [6, 6.07) is 16.9. The number of halogens is 1. The van der Waals surface area contributed by atoms with E-state index in [2.05, 4.69) is 20.7 Å². The average molecular weight is 464 g/mol. The van der Waals surface area contributed by atoms with Gasteiger partial charge in [0.2, 0.25) is 11.7 Å². The summed E-state index contributed by atoms with van der Waals surface area (Å²) < 4.78 is 15.2. The second-order valence-electron chi connectivity index (χ2n) is 7.65. The number of aromatic nitrogens is 3. The van der Waals surface area contributed by atoms with Crippen molar-refractivity contribution in [3.63, 3.8) is 0 Å². The van der Waals surface area contributed by atoms with Gasteiger partial charge in [0.25, 0.3) is 5.91 Å².